The van der Waals surface area contributed by atoms with Gasteiger partial charge >= 0.3 is 6.61 Å². The zero-order valence-electron chi connectivity index (χ0n) is 16.2. The molecule has 29 heavy (non-hydrogen) atoms. The SMILES string of the molecule is CCN(CC(=O)Nc1ccc(OC(F)F)cc1)CC(=O)Nc1cccc(OC)c1. The molecule has 2 aromatic rings. The molecule has 0 aliphatic heterocycles. The smallest absolute Gasteiger partial charge is 0.387 e. The van der Waals surface area contributed by atoms with Gasteiger partial charge in [-0.05, 0) is 42.9 Å². The Morgan fingerprint density at radius 2 is 1.59 bits per heavy atom. The quantitative estimate of drug-likeness (QED) is 0.632. The first-order valence-electron chi connectivity index (χ1n) is 8.90. The maximum absolute atomic E-state index is 12.2. The van der Waals surface area contributed by atoms with E-state index in [-0.39, 0.29) is 30.7 Å². The lowest BCUT2D eigenvalue weighted by Gasteiger charge is -2.19. The molecule has 2 N–H and O–H groups in total. The van der Waals surface area contributed by atoms with Gasteiger partial charge in [-0.3, -0.25) is 14.5 Å². The highest BCUT2D eigenvalue weighted by Gasteiger charge is 2.14. The second-order valence-corrected chi connectivity index (χ2v) is 6.03. The minimum absolute atomic E-state index is 0.00222. The number of methoxy groups -OCH3 is 1. The molecule has 9 heteroatoms. The third-order valence-electron chi connectivity index (χ3n) is 3.90. The van der Waals surface area contributed by atoms with Gasteiger partial charge in [0.05, 0.1) is 20.2 Å². The van der Waals surface area contributed by atoms with E-state index < -0.39 is 6.61 Å². The molecule has 0 heterocycles. The van der Waals surface area contributed by atoms with Gasteiger partial charge in [0.15, 0.2) is 0 Å². The van der Waals surface area contributed by atoms with Crippen molar-refractivity contribution in [1.82, 2.24) is 4.90 Å². The number of nitrogens with zero attached hydrogens (tertiary/aromatic N) is 1. The van der Waals surface area contributed by atoms with Crippen LogP contribution in [0.3, 0.4) is 0 Å². The molecule has 2 rings (SSSR count). The maximum Gasteiger partial charge on any atom is 0.387 e. The van der Waals surface area contributed by atoms with E-state index in [1.165, 1.54) is 31.4 Å². The van der Waals surface area contributed by atoms with Crippen molar-refractivity contribution in [2.24, 2.45) is 0 Å². The normalized spacial score (nSPS) is 10.7. The van der Waals surface area contributed by atoms with E-state index in [0.29, 0.717) is 23.7 Å². The van der Waals surface area contributed by atoms with Crippen molar-refractivity contribution in [2.45, 2.75) is 13.5 Å². The number of carbonyl (C=O) groups is 2. The van der Waals surface area contributed by atoms with Crippen molar-refractivity contribution in [1.29, 1.82) is 0 Å². The van der Waals surface area contributed by atoms with Gasteiger partial charge in [-0.15, -0.1) is 0 Å². The number of hydrogen-bond acceptors (Lipinski definition) is 5. The average molecular weight is 407 g/mol. The summed E-state index contributed by atoms with van der Waals surface area (Å²) < 4.78 is 33.7. The zero-order chi connectivity index (χ0) is 21.2. The number of carbonyl (C=O) groups excluding carboxylic acids is 2. The summed E-state index contributed by atoms with van der Waals surface area (Å²) in [6, 6.07) is 12.6. The maximum atomic E-state index is 12.2. The van der Waals surface area contributed by atoms with Crippen molar-refractivity contribution in [3.63, 3.8) is 0 Å². The summed E-state index contributed by atoms with van der Waals surface area (Å²) in [4.78, 5) is 26.1. The number of rotatable bonds is 10. The summed E-state index contributed by atoms with van der Waals surface area (Å²) in [7, 11) is 1.54. The van der Waals surface area contributed by atoms with Gasteiger partial charge in [-0.2, -0.15) is 8.78 Å². The number of halogens is 2. The van der Waals surface area contributed by atoms with Crippen LogP contribution in [0.4, 0.5) is 20.2 Å². The first kappa shape index (κ1) is 22.1. The fourth-order valence-electron chi connectivity index (χ4n) is 2.51. The summed E-state index contributed by atoms with van der Waals surface area (Å²) in [6.07, 6.45) is 0. The van der Waals surface area contributed by atoms with Crippen molar-refractivity contribution in [2.75, 3.05) is 37.4 Å². The van der Waals surface area contributed by atoms with Crippen molar-refractivity contribution in [3.05, 3.63) is 48.5 Å². The molecule has 0 spiro atoms. The number of benzene rings is 2. The van der Waals surface area contributed by atoms with E-state index in [1.54, 1.807) is 29.2 Å². The number of alkyl halides is 2. The van der Waals surface area contributed by atoms with Crippen LogP contribution >= 0.6 is 0 Å². The first-order chi connectivity index (χ1) is 13.9. The molecule has 156 valence electrons. The lowest BCUT2D eigenvalue weighted by molar-refractivity contribution is -0.119. The third kappa shape index (κ3) is 7.74. The van der Waals surface area contributed by atoms with Crippen LogP contribution in [0.2, 0.25) is 0 Å². The Morgan fingerprint density at radius 1 is 0.966 bits per heavy atom. The molecule has 0 radical (unpaired) electrons. The predicted molar refractivity (Wildman–Crippen MR) is 105 cm³/mol. The fraction of sp³-hybridized carbons (Fsp3) is 0.300. The Labute approximate surface area is 167 Å². The van der Waals surface area contributed by atoms with Crippen LogP contribution < -0.4 is 20.1 Å². The van der Waals surface area contributed by atoms with Gasteiger partial charge in [0.2, 0.25) is 11.8 Å². The topological polar surface area (TPSA) is 79.9 Å². The Hall–Kier alpha value is -3.20. The molecule has 2 aromatic carbocycles. The van der Waals surface area contributed by atoms with Gasteiger partial charge in [0.25, 0.3) is 0 Å². The summed E-state index contributed by atoms with van der Waals surface area (Å²) in [5, 5.41) is 5.41. The molecular weight excluding hydrogens is 384 g/mol. The van der Waals surface area contributed by atoms with E-state index >= 15 is 0 Å². The molecule has 7 nitrogen and oxygen atoms in total. The molecule has 0 aliphatic carbocycles. The number of ether oxygens (including phenoxy) is 2. The minimum Gasteiger partial charge on any atom is -0.497 e. The molecule has 0 fully saturated rings. The Kier molecular flexibility index (Phi) is 8.35. The van der Waals surface area contributed by atoms with Crippen LogP contribution in [0.15, 0.2) is 48.5 Å². The van der Waals surface area contributed by atoms with Crippen molar-refractivity contribution >= 4 is 23.2 Å². The van der Waals surface area contributed by atoms with Crippen LogP contribution in [0.25, 0.3) is 0 Å². The summed E-state index contributed by atoms with van der Waals surface area (Å²) in [5.41, 5.74) is 1.04. The Morgan fingerprint density at radius 3 is 2.14 bits per heavy atom. The van der Waals surface area contributed by atoms with Crippen LogP contribution in [0, 0.1) is 0 Å². The monoisotopic (exact) mass is 407 g/mol. The molecule has 2 amide bonds. The number of amides is 2. The summed E-state index contributed by atoms with van der Waals surface area (Å²) in [5.74, 6) is 0.0341. The standard InChI is InChI=1S/C20H23F2N3O4/c1-3-25(13-19(27)24-15-5-4-6-17(11-15)28-2)12-18(26)23-14-7-9-16(10-8-14)29-20(21)22/h4-11,20H,3,12-13H2,1-2H3,(H,23,26)(H,24,27). The molecule has 0 saturated carbocycles. The molecule has 0 saturated heterocycles. The molecule has 0 aliphatic rings. The van der Waals surface area contributed by atoms with Crippen LogP contribution in [0.5, 0.6) is 11.5 Å². The fourth-order valence-corrected chi connectivity index (χ4v) is 2.51. The van der Waals surface area contributed by atoms with E-state index in [0.717, 1.165) is 0 Å². The predicted octanol–water partition coefficient (Wildman–Crippen LogP) is 3.20. The molecule has 0 unspecified atom stereocenters. The Balaban J connectivity index is 1.84. The largest absolute Gasteiger partial charge is 0.497 e. The highest BCUT2D eigenvalue weighted by Crippen LogP contribution is 2.18. The van der Waals surface area contributed by atoms with Gasteiger partial charge in [-0.25, -0.2) is 0 Å². The van der Waals surface area contributed by atoms with E-state index in [4.69, 9.17) is 4.74 Å². The molecule has 0 atom stereocenters. The van der Waals surface area contributed by atoms with E-state index in [2.05, 4.69) is 15.4 Å². The molecule has 0 aromatic heterocycles. The number of nitrogens with one attached hydrogen (secondary N) is 2. The first-order valence-corrected chi connectivity index (χ1v) is 8.90. The number of likely N-dealkylation sites (N-methyl/N-ethyl adjacent to an activating group) is 1. The van der Waals surface area contributed by atoms with Gasteiger partial charge in [-0.1, -0.05) is 13.0 Å². The van der Waals surface area contributed by atoms with Crippen molar-refractivity contribution in [3.8, 4) is 11.5 Å². The number of hydrogen-bond donors (Lipinski definition) is 2. The summed E-state index contributed by atoms with van der Waals surface area (Å²) in [6.45, 7) is -0.556. The summed E-state index contributed by atoms with van der Waals surface area (Å²) >= 11 is 0. The van der Waals surface area contributed by atoms with E-state index in [1.807, 2.05) is 6.92 Å². The third-order valence-corrected chi connectivity index (χ3v) is 3.90. The van der Waals surface area contributed by atoms with Crippen molar-refractivity contribution < 1.29 is 27.8 Å². The molecule has 0 bridgehead atoms. The lowest BCUT2D eigenvalue weighted by atomic mass is 10.3. The van der Waals surface area contributed by atoms with Crippen LogP contribution in [-0.4, -0.2) is 50.1 Å². The molecular formula is C20H23F2N3O4. The number of anilines is 2. The van der Waals surface area contributed by atoms with Gasteiger partial charge in [0, 0.05) is 17.4 Å². The highest BCUT2D eigenvalue weighted by atomic mass is 19.3. The van der Waals surface area contributed by atoms with Crippen LogP contribution in [0.1, 0.15) is 6.92 Å². The minimum atomic E-state index is -2.91. The van der Waals surface area contributed by atoms with Crippen LogP contribution in [-0.2, 0) is 9.59 Å². The second kappa shape index (κ2) is 11.0. The average Bonchev–Trinajstić information content (AvgIpc) is 2.68. The highest BCUT2D eigenvalue weighted by molar-refractivity contribution is 5.94. The van der Waals surface area contributed by atoms with Gasteiger partial charge < -0.3 is 20.1 Å². The second-order valence-electron chi connectivity index (χ2n) is 6.03. The Bertz CT molecular complexity index is 816. The zero-order valence-corrected chi connectivity index (χ0v) is 16.2. The van der Waals surface area contributed by atoms with E-state index in [9.17, 15) is 18.4 Å². The lowest BCUT2D eigenvalue weighted by Crippen LogP contribution is -2.38. The van der Waals surface area contributed by atoms with Gasteiger partial charge in [0.1, 0.15) is 11.5 Å².